The molecule has 2 aromatic rings. The predicted molar refractivity (Wildman–Crippen MR) is 111 cm³/mol. The molecule has 0 radical (unpaired) electrons. The van der Waals surface area contributed by atoms with Crippen LogP contribution in [0.3, 0.4) is 0 Å². The van der Waals surface area contributed by atoms with Crippen molar-refractivity contribution in [2.75, 3.05) is 18.0 Å². The van der Waals surface area contributed by atoms with E-state index in [2.05, 4.69) is 15.6 Å². The Balaban J connectivity index is 1.60. The second kappa shape index (κ2) is 9.38. The molecule has 0 unspecified atom stereocenters. The zero-order chi connectivity index (χ0) is 21.7. The SMILES string of the molecule is CC(=O)N[C@@H](Cc1cccn1C)C(=O)NC1CCN(c2ncccc2[N+](=O)[O-])CC1. The second-order valence-electron chi connectivity index (χ2n) is 7.44. The van der Waals surface area contributed by atoms with Gasteiger partial charge in [0, 0.05) is 63.7 Å². The summed E-state index contributed by atoms with van der Waals surface area (Å²) in [5.41, 5.74) is 0.925. The Bertz CT molecular complexity index is 920. The maximum Gasteiger partial charge on any atom is 0.311 e. The van der Waals surface area contributed by atoms with Gasteiger partial charge in [0.15, 0.2) is 0 Å². The predicted octanol–water partition coefficient (Wildman–Crippen LogP) is 1.16. The summed E-state index contributed by atoms with van der Waals surface area (Å²) >= 11 is 0. The van der Waals surface area contributed by atoms with Crippen LogP contribution in [0.15, 0.2) is 36.7 Å². The molecule has 3 rings (SSSR count). The molecule has 2 aromatic heterocycles. The quantitative estimate of drug-likeness (QED) is 0.518. The zero-order valence-corrected chi connectivity index (χ0v) is 17.1. The molecule has 0 spiro atoms. The first-order chi connectivity index (χ1) is 14.3. The molecule has 0 aliphatic carbocycles. The lowest BCUT2D eigenvalue weighted by atomic mass is 10.0. The first-order valence-electron chi connectivity index (χ1n) is 9.87. The van der Waals surface area contributed by atoms with Gasteiger partial charge in [0.25, 0.3) is 0 Å². The molecule has 1 aliphatic rings. The fraction of sp³-hybridized carbons (Fsp3) is 0.450. The van der Waals surface area contributed by atoms with Gasteiger partial charge in [-0.25, -0.2) is 4.98 Å². The molecular weight excluding hydrogens is 388 g/mol. The van der Waals surface area contributed by atoms with Crippen LogP contribution in [0.4, 0.5) is 11.5 Å². The van der Waals surface area contributed by atoms with E-state index in [9.17, 15) is 19.7 Å². The highest BCUT2D eigenvalue weighted by atomic mass is 16.6. The van der Waals surface area contributed by atoms with E-state index < -0.39 is 11.0 Å². The Morgan fingerprint density at radius 1 is 1.30 bits per heavy atom. The van der Waals surface area contributed by atoms with Crippen LogP contribution in [-0.2, 0) is 23.1 Å². The molecule has 1 fully saturated rings. The third-order valence-electron chi connectivity index (χ3n) is 5.26. The van der Waals surface area contributed by atoms with E-state index in [1.807, 2.05) is 34.8 Å². The molecular formula is C20H26N6O4. The molecule has 3 heterocycles. The number of carbonyl (C=O) groups excluding carboxylic acids is 2. The van der Waals surface area contributed by atoms with Gasteiger partial charge in [0.05, 0.1) is 4.92 Å². The molecule has 10 heteroatoms. The minimum Gasteiger partial charge on any atom is -0.354 e. The highest BCUT2D eigenvalue weighted by Crippen LogP contribution is 2.27. The Hall–Kier alpha value is -3.43. The van der Waals surface area contributed by atoms with Gasteiger partial charge >= 0.3 is 5.69 Å². The molecule has 1 aliphatic heterocycles. The summed E-state index contributed by atoms with van der Waals surface area (Å²) in [7, 11) is 1.89. The number of aryl methyl sites for hydroxylation is 1. The number of anilines is 1. The number of rotatable bonds is 7. The van der Waals surface area contributed by atoms with E-state index in [0.29, 0.717) is 38.2 Å². The van der Waals surface area contributed by atoms with Gasteiger partial charge in [-0.1, -0.05) is 0 Å². The summed E-state index contributed by atoms with van der Waals surface area (Å²) < 4.78 is 1.92. The average molecular weight is 414 g/mol. The number of piperidine rings is 1. The van der Waals surface area contributed by atoms with Crippen LogP contribution in [0.2, 0.25) is 0 Å². The van der Waals surface area contributed by atoms with Crippen molar-refractivity contribution in [2.45, 2.75) is 38.3 Å². The van der Waals surface area contributed by atoms with Crippen LogP contribution in [0.1, 0.15) is 25.5 Å². The minimum absolute atomic E-state index is 0.0201. The Kier molecular flexibility index (Phi) is 6.65. The van der Waals surface area contributed by atoms with Crippen molar-refractivity contribution in [2.24, 2.45) is 7.05 Å². The van der Waals surface area contributed by atoms with E-state index >= 15 is 0 Å². The molecule has 2 amide bonds. The Morgan fingerprint density at radius 3 is 2.63 bits per heavy atom. The van der Waals surface area contributed by atoms with Crippen molar-refractivity contribution in [3.63, 3.8) is 0 Å². The summed E-state index contributed by atoms with van der Waals surface area (Å²) in [6.45, 7) is 2.49. The maximum atomic E-state index is 12.8. The summed E-state index contributed by atoms with van der Waals surface area (Å²) in [6, 6.07) is 6.07. The first kappa shape index (κ1) is 21.3. The van der Waals surface area contributed by atoms with E-state index in [1.165, 1.54) is 19.2 Å². The van der Waals surface area contributed by atoms with Crippen molar-refractivity contribution in [3.8, 4) is 0 Å². The van der Waals surface area contributed by atoms with E-state index in [-0.39, 0.29) is 23.5 Å². The zero-order valence-electron chi connectivity index (χ0n) is 17.1. The molecule has 0 aromatic carbocycles. The van der Waals surface area contributed by atoms with E-state index in [0.717, 1.165) is 5.69 Å². The van der Waals surface area contributed by atoms with Gasteiger partial charge in [-0.2, -0.15) is 0 Å². The molecule has 0 saturated carbocycles. The van der Waals surface area contributed by atoms with Crippen molar-refractivity contribution < 1.29 is 14.5 Å². The number of carbonyl (C=O) groups is 2. The van der Waals surface area contributed by atoms with Crippen LogP contribution >= 0.6 is 0 Å². The topological polar surface area (TPSA) is 122 Å². The summed E-state index contributed by atoms with van der Waals surface area (Å²) in [5, 5.41) is 17.0. The number of nitrogens with zero attached hydrogens (tertiary/aromatic N) is 4. The summed E-state index contributed by atoms with van der Waals surface area (Å²) in [5.74, 6) is -0.137. The fourth-order valence-electron chi connectivity index (χ4n) is 3.68. The normalized spacial score (nSPS) is 15.5. The molecule has 160 valence electrons. The number of nitro groups is 1. The number of hydrogen-bond donors (Lipinski definition) is 2. The highest BCUT2D eigenvalue weighted by Gasteiger charge is 2.28. The largest absolute Gasteiger partial charge is 0.354 e. The summed E-state index contributed by atoms with van der Waals surface area (Å²) in [4.78, 5) is 41.3. The van der Waals surface area contributed by atoms with Crippen molar-refractivity contribution in [1.29, 1.82) is 0 Å². The summed E-state index contributed by atoms with van der Waals surface area (Å²) in [6.07, 6.45) is 5.10. The smallest absolute Gasteiger partial charge is 0.311 e. The van der Waals surface area contributed by atoms with Crippen LogP contribution in [0, 0.1) is 10.1 Å². The number of pyridine rings is 1. The van der Waals surface area contributed by atoms with E-state index in [4.69, 9.17) is 0 Å². The average Bonchev–Trinajstić information content (AvgIpc) is 3.12. The van der Waals surface area contributed by atoms with Gasteiger partial charge < -0.3 is 20.1 Å². The lowest BCUT2D eigenvalue weighted by Crippen LogP contribution is -2.52. The Morgan fingerprint density at radius 2 is 2.03 bits per heavy atom. The fourth-order valence-corrected chi connectivity index (χ4v) is 3.68. The molecule has 30 heavy (non-hydrogen) atoms. The molecule has 1 saturated heterocycles. The van der Waals surface area contributed by atoms with Gasteiger partial charge in [0.1, 0.15) is 6.04 Å². The molecule has 0 bridgehead atoms. The molecule has 1 atom stereocenters. The van der Waals surface area contributed by atoms with Crippen LogP contribution in [0.25, 0.3) is 0 Å². The van der Waals surface area contributed by atoms with Crippen molar-refractivity contribution >= 4 is 23.3 Å². The first-order valence-corrected chi connectivity index (χ1v) is 9.87. The number of nitrogens with one attached hydrogen (secondary N) is 2. The second-order valence-corrected chi connectivity index (χ2v) is 7.44. The maximum absolute atomic E-state index is 12.8. The van der Waals surface area contributed by atoms with Gasteiger partial charge in [0.2, 0.25) is 17.6 Å². The standard InChI is InChI=1S/C20H26N6O4/c1-14(27)22-17(13-16-5-4-10-24(16)2)20(28)23-15-7-11-25(12-8-15)19-18(26(29)30)6-3-9-21-19/h3-6,9-10,15,17H,7-8,11-13H2,1-2H3,(H,22,27)(H,23,28)/t17-/m0/s1. The van der Waals surface area contributed by atoms with Gasteiger partial charge in [-0.05, 0) is 31.0 Å². The van der Waals surface area contributed by atoms with Crippen LogP contribution < -0.4 is 15.5 Å². The lowest BCUT2D eigenvalue weighted by Gasteiger charge is -2.33. The number of hydrogen-bond acceptors (Lipinski definition) is 6. The number of amides is 2. The minimum atomic E-state index is -0.661. The van der Waals surface area contributed by atoms with Gasteiger partial charge in [-0.3, -0.25) is 19.7 Å². The molecule has 10 nitrogen and oxygen atoms in total. The monoisotopic (exact) mass is 414 g/mol. The van der Waals surface area contributed by atoms with Crippen molar-refractivity contribution in [3.05, 3.63) is 52.5 Å². The Labute approximate surface area is 174 Å². The van der Waals surface area contributed by atoms with Crippen LogP contribution in [0.5, 0.6) is 0 Å². The third kappa shape index (κ3) is 5.13. The van der Waals surface area contributed by atoms with E-state index in [1.54, 1.807) is 6.07 Å². The highest BCUT2D eigenvalue weighted by molar-refractivity contribution is 5.87. The van der Waals surface area contributed by atoms with Crippen molar-refractivity contribution in [1.82, 2.24) is 20.2 Å². The lowest BCUT2D eigenvalue weighted by molar-refractivity contribution is -0.384. The number of aromatic nitrogens is 2. The van der Waals surface area contributed by atoms with Gasteiger partial charge in [-0.15, -0.1) is 0 Å². The molecule has 2 N–H and O–H groups in total. The third-order valence-corrected chi connectivity index (χ3v) is 5.26. The van der Waals surface area contributed by atoms with Crippen LogP contribution in [-0.4, -0.2) is 51.5 Å².